The molecule has 3 atom stereocenters. The third kappa shape index (κ3) is 1.32. The van der Waals surface area contributed by atoms with Crippen molar-refractivity contribution in [2.24, 2.45) is 5.92 Å². The zero-order valence-electron chi connectivity index (χ0n) is 7.26. The highest BCUT2D eigenvalue weighted by molar-refractivity contribution is 5.80. The lowest BCUT2D eigenvalue weighted by Crippen LogP contribution is -2.64. The van der Waals surface area contributed by atoms with E-state index < -0.39 is 0 Å². The monoisotopic (exact) mass is 169 g/mol. The molecule has 4 heteroatoms. The van der Waals surface area contributed by atoms with Crippen molar-refractivity contribution in [1.29, 1.82) is 0 Å². The maximum atomic E-state index is 11.5. The van der Waals surface area contributed by atoms with Crippen LogP contribution in [-0.4, -0.2) is 31.2 Å². The largest absolute Gasteiger partial charge is 0.341 e. The molecule has 4 nitrogen and oxygen atoms in total. The molecule has 2 aliphatic rings. The summed E-state index contributed by atoms with van der Waals surface area (Å²) in [5.41, 5.74) is 0. The minimum absolute atomic E-state index is 0.124. The van der Waals surface area contributed by atoms with E-state index in [1.807, 2.05) is 6.92 Å². The third-order valence-corrected chi connectivity index (χ3v) is 2.64. The van der Waals surface area contributed by atoms with Crippen LogP contribution in [0.25, 0.3) is 0 Å². The Morgan fingerprint density at radius 3 is 3.17 bits per heavy atom. The third-order valence-electron chi connectivity index (χ3n) is 2.64. The fourth-order valence-electron chi connectivity index (χ4n) is 2.03. The molecule has 2 saturated heterocycles. The van der Waals surface area contributed by atoms with E-state index in [2.05, 4.69) is 16.0 Å². The van der Waals surface area contributed by atoms with Gasteiger partial charge in [-0.2, -0.15) is 0 Å². The van der Waals surface area contributed by atoms with Gasteiger partial charge in [-0.1, -0.05) is 0 Å². The Hall–Kier alpha value is -0.610. The summed E-state index contributed by atoms with van der Waals surface area (Å²) in [7, 11) is 0. The van der Waals surface area contributed by atoms with Crippen LogP contribution in [-0.2, 0) is 4.79 Å². The average Bonchev–Trinajstić information content (AvgIpc) is 2.04. The Morgan fingerprint density at radius 2 is 2.33 bits per heavy atom. The number of piperidine rings is 1. The number of hydrogen-bond donors (Lipinski definition) is 3. The Morgan fingerprint density at radius 1 is 1.50 bits per heavy atom. The summed E-state index contributed by atoms with van der Waals surface area (Å²) < 4.78 is 0. The second kappa shape index (κ2) is 3.03. The fourth-order valence-corrected chi connectivity index (χ4v) is 2.03. The van der Waals surface area contributed by atoms with Crippen molar-refractivity contribution < 1.29 is 4.79 Å². The minimum Gasteiger partial charge on any atom is -0.341 e. The van der Waals surface area contributed by atoms with Crippen LogP contribution in [0.3, 0.4) is 0 Å². The zero-order valence-corrected chi connectivity index (χ0v) is 7.26. The summed E-state index contributed by atoms with van der Waals surface area (Å²) in [6, 6.07) is 0.336. The van der Waals surface area contributed by atoms with Crippen molar-refractivity contribution in [2.75, 3.05) is 13.1 Å². The van der Waals surface area contributed by atoms with Crippen molar-refractivity contribution in [1.82, 2.24) is 16.0 Å². The Balaban J connectivity index is 2.06. The van der Waals surface area contributed by atoms with E-state index in [0.29, 0.717) is 6.04 Å². The van der Waals surface area contributed by atoms with E-state index in [1.54, 1.807) is 0 Å². The zero-order chi connectivity index (χ0) is 8.55. The Kier molecular flexibility index (Phi) is 2.02. The lowest BCUT2D eigenvalue weighted by atomic mass is 9.90. The van der Waals surface area contributed by atoms with Crippen LogP contribution in [0.2, 0.25) is 0 Å². The molecular formula is C8H15N3O. The molecule has 12 heavy (non-hydrogen) atoms. The lowest BCUT2D eigenvalue weighted by molar-refractivity contribution is -0.130. The topological polar surface area (TPSA) is 53.2 Å². The van der Waals surface area contributed by atoms with Crippen LogP contribution in [0.15, 0.2) is 0 Å². The van der Waals surface area contributed by atoms with Gasteiger partial charge >= 0.3 is 0 Å². The first kappa shape index (κ1) is 8.01. The maximum absolute atomic E-state index is 11.5. The molecule has 1 amide bonds. The first-order chi connectivity index (χ1) is 5.77. The molecule has 2 fully saturated rings. The predicted molar refractivity (Wildman–Crippen MR) is 45.5 cm³/mol. The number of carbonyl (C=O) groups is 1. The second-order valence-corrected chi connectivity index (χ2v) is 3.60. The van der Waals surface area contributed by atoms with E-state index in [0.717, 1.165) is 19.5 Å². The highest BCUT2D eigenvalue weighted by Crippen LogP contribution is 2.16. The van der Waals surface area contributed by atoms with E-state index in [-0.39, 0.29) is 18.0 Å². The molecule has 0 aromatic heterocycles. The standard InChI is InChI=1S/C8H15N3O/c1-5-10-7-4-9-3-2-6(7)8(12)11-5/h5-7,9-10H,2-4H2,1H3,(H,11,12). The molecule has 3 unspecified atom stereocenters. The van der Waals surface area contributed by atoms with Gasteiger partial charge in [-0.05, 0) is 19.9 Å². The first-order valence-corrected chi connectivity index (χ1v) is 4.54. The van der Waals surface area contributed by atoms with Gasteiger partial charge in [-0.25, -0.2) is 0 Å². The van der Waals surface area contributed by atoms with Crippen LogP contribution < -0.4 is 16.0 Å². The SMILES string of the molecule is CC1NC(=O)C2CCNCC2N1. The number of amides is 1. The average molecular weight is 169 g/mol. The predicted octanol–water partition coefficient (Wildman–Crippen LogP) is -0.970. The van der Waals surface area contributed by atoms with Crippen LogP contribution in [0, 0.1) is 5.92 Å². The number of rotatable bonds is 0. The summed E-state index contributed by atoms with van der Waals surface area (Å²) in [4.78, 5) is 11.5. The number of nitrogens with one attached hydrogen (secondary N) is 3. The summed E-state index contributed by atoms with van der Waals surface area (Å²) in [6.45, 7) is 3.86. The van der Waals surface area contributed by atoms with Gasteiger partial charge in [0.2, 0.25) is 5.91 Å². The summed E-state index contributed by atoms with van der Waals surface area (Å²) in [5, 5.41) is 9.54. The molecule has 0 bridgehead atoms. The molecule has 0 spiro atoms. The van der Waals surface area contributed by atoms with Crippen LogP contribution >= 0.6 is 0 Å². The molecule has 2 rings (SSSR count). The van der Waals surface area contributed by atoms with Gasteiger partial charge in [-0.15, -0.1) is 0 Å². The van der Waals surface area contributed by atoms with Gasteiger partial charge in [0.1, 0.15) is 0 Å². The fraction of sp³-hybridized carbons (Fsp3) is 0.875. The molecule has 0 aromatic carbocycles. The lowest BCUT2D eigenvalue weighted by Gasteiger charge is -2.39. The van der Waals surface area contributed by atoms with Crippen molar-refractivity contribution in [3.63, 3.8) is 0 Å². The van der Waals surface area contributed by atoms with Crippen LogP contribution in [0.1, 0.15) is 13.3 Å². The summed E-state index contributed by atoms with van der Waals surface area (Å²) in [5.74, 6) is 0.398. The molecule has 2 aliphatic heterocycles. The highest BCUT2D eigenvalue weighted by Gasteiger charge is 2.35. The number of carbonyl (C=O) groups excluding carboxylic acids is 1. The van der Waals surface area contributed by atoms with Gasteiger partial charge in [0, 0.05) is 12.6 Å². The minimum atomic E-state index is 0.124. The summed E-state index contributed by atoms with van der Waals surface area (Å²) in [6.07, 6.45) is 1.08. The van der Waals surface area contributed by atoms with E-state index in [1.165, 1.54) is 0 Å². The molecule has 0 aromatic rings. The molecule has 0 saturated carbocycles. The molecule has 0 aliphatic carbocycles. The number of fused-ring (bicyclic) bond motifs is 1. The van der Waals surface area contributed by atoms with Crippen molar-refractivity contribution in [3.05, 3.63) is 0 Å². The van der Waals surface area contributed by atoms with Crippen molar-refractivity contribution >= 4 is 5.91 Å². The van der Waals surface area contributed by atoms with Gasteiger partial charge in [0.15, 0.2) is 0 Å². The Labute approximate surface area is 72.1 Å². The highest BCUT2D eigenvalue weighted by atomic mass is 16.2. The van der Waals surface area contributed by atoms with Crippen molar-refractivity contribution in [3.8, 4) is 0 Å². The molecule has 0 radical (unpaired) electrons. The van der Waals surface area contributed by atoms with Crippen molar-refractivity contribution in [2.45, 2.75) is 25.6 Å². The molecule has 2 heterocycles. The first-order valence-electron chi connectivity index (χ1n) is 4.54. The van der Waals surface area contributed by atoms with Gasteiger partial charge in [0.25, 0.3) is 0 Å². The maximum Gasteiger partial charge on any atom is 0.225 e. The smallest absolute Gasteiger partial charge is 0.225 e. The van der Waals surface area contributed by atoms with Crippen LogP contribution in [0.4, 0.5) is 0 Å². The molecular weight excluding hydrogens is 154 g/mol. The summed E-state index contributed by atoms with van der Waals surface area (Å²) >= 11 is 0. The van der Waals surface area contributed by atoms with Gasteiger partial charge < -0.3 is 10.6 Å². The normalized spacial score (nSPS) is 41.8. The van der Waals surface area contributed by atoms with E-state index in [9.17, 15) is 4.79 Å². The van der Waals surface area contributed by atoms with E-state index in [4.69, 9.17) is 0 Å². The van der Waals surface area contributed by atoms with E-state index >= 15 is 0 Å². The van der Waals surface area contributed by atoms with Gasteiger partial charge in [0.05, 0.1) is 12.1 Å². The molecule has 68 valence electrons. The molecule has 3 N–H and O–H groups in total. The van der Waals surface area contributed by atoms with Crippen LogP contribution in [0.5, 0.6) is 0 Å². The van der Waals surface area contributed by atoms with Gasteiger partial charge in [-0.3, -0.25) is 10.1 Å². The Bertz CT molecular complexity index is 195. The number of hydrogen-bond acceptors (Lipinski definition) is 3. The second-order valence-electron chi connectivity index (χ2n) is 3.60. The quantitative estimate of drug-likeness (QED) is 0.437.